The maximum Gasteiger partial charge on any atom is 0.165 e. The average Bonchev–Trinajstić information content (AvgIpc) is 2.48. The number of aliphatic hydroxyl groups excluding tert-OH is 1. The summed E-state index contributed by atoms with van der Waals surface area (Å²) >= 11 is 0. The zero-order chi connectivity index (χ0) is 14.5. The molecule has 2 rings (SSSR count). The molecule has 0 fully saturated rings. The number of rotatable bonds is 5. The van der Waals surface area contributed by atoms with Gasteiger partial charge in [-0.25, -0.2) is 4.39 Å². The van der Waals surface area contributed by atoms with E-state index in [0.29, 0.717) is 16.7 Å². The van der Waals surface area contributed by atoms with E-state index < -0.39 is 6.10 Å². The standard InChI is InChI=1S/C17H15FO2/c1-12(13-7-9-15(18)10-8-13)16(19)11-17(20)14-5-3-2-4-6-14/h2-10,16,19H,1,11H2. The maximum atomic E-state index is 12.8. The van der Waals surface area contributed by atoms with E-state index in [0.717, 1.165) is 0 Å². The molecule has 1 atom stereocenters. The highest BCUT2D eigenvalue weighted by atomic mass is 19.1. The Morgan fingerprint density at radius 3 is 2.25 bits per heavy atom. The van der Waals surface area contributed by atoms with Gasteiger partial charge < -0.3 is 5.11 Å². The maximum absolute atomic E-state index is 12.8. The van der Waals surface area contributed by atoms with Crippen molar-refractivity contribution >= 4 is 11.4 Å². The largest absolute Gasteiger partial charge is 0.388 e. The minimum atomic E-state index is -0.979. The summed E-state index contributed by atoms with van der Waals surface area (Å²) in [5.41, 5.74) is 1.59. The molecule has 20 heavy (non-hydrogen) atoms. The number of ketones is 1. The van der Waals surface area contributed by atoms with E-state index in [1.54, 1.807) is 24.3 Å². The van der Waals surface area contributed by atoms with E-state index in [-0.39, 0.29) is 18.0 Å². The zero-order valence-corrected chi connectivity index (χ0v) is 10.9. The van der Waals surface area contributed by atoms with Crippen LogP contribution in [-0.4, -0.2) is 17.0 Å². The molecule has 0 heterocycles. The van der Waals surface area contributed by atoms with Crippen molar-refractivity contribution in [1.29, 1.82) is 0 Å². The van der Waals surface area contributed by atoms with Crippen LogP contribution in [-0.2, 0) is 0 Å². The van der Waals surface area contributed by atoms with Crippen molar-refractivity contribution in [3.05, 3.63) is 78.1 Å². The second-order valence-electron chi connectivity index (χ2n) is 4.54. The van der Waals surface area contributed by atoms with Crippen molar-refractivity contribution in [1.82, 2.24) is 0 Å². The van der Waals surface area contributed by atoms with E-state index >= 15 is 0 Å². The first-order valence-electron chi connectivity index (χ1n) is 6.29. The summed E-state index contributed by atoms with van der Waals surface area (Å²) in [7, 11) is 0. The van der Waals surface area contributed by atoms with Gasteiger partial charge in [0.1, 0.15) is 5.82 Å². The van der Waals surface area contributed by atoms with E-state index in [9.17, 15) is 14.3 Å². The van der Waals surface area contributed by atoms with Gasteiger partial charge >= 0.3 is 0 Å². The van der Waals surface area contributed by atoms with Gasteiger partial charge in [-0.1, -0.05) is 49.0 Å². The van der Waals surface area contributed by atoms with Crippen LogP contribution in [0.15, 0.2) is 61.2 Å². The molecule has 0 amide bonds. The monoisotopic (exact) mass is 270 g/mol. The summed E-state index contributed by atoms with van der Waals surface area (Å²) in [4.78, 5) is 12.0. The zero-order valence-electron chi connectivity index (χ0n) is 10.9. The van der Waals surface area contributed by atoms with E-state index in [1.165, 1.54) is 24.3 Å². The second kappa shape index (κ2) is 6.26. The van der Waals surface area contributed by atoms with Crippen molar-refractivity contribution < 1.29 is 14.3 Å². The molecule has 0 saturated carbocycles. The number of halogens is 1. The number of carbonyl (C=O) groups is 1. The highest BCUT2D eigenvalue weighted by Gasteiger charge is 2.16. The summed E-state index contributed by atoms with van der Waals surface area (Å²) in [6.07, 6.45) is -1.02. The molecule has 0 spiro atoms. The Hall–Kier alpha value is -2.26. The Bertz CT molecular complexity index is 603. The number of Topliss-reactive ketones (excluding diaryl/α,β-unsaturated/α-hetero) is 1. The SMILES string of the molecule is C=C(c1ccc(F)cc1)C(O)CC(=O)c1ccccc1. The number of hydrogen-bond donors (Lipinski definition) is 1. The Morgan fingerprint density at radius 1 is 1.05 bits per heavy atom. The van der Waals surface area contributed by atoms with Crippen LogP contribution in [0.25, 0.3) is 5.57 Å². The van der Waals surface area contributed by atoms with Gasteiger partial charge in [0.05, 0.1) is 6.10 Å². The van der Waals surface area contributed by atoms with Gasteiger partial charge in [-0.15, -0.1) is 0 Å². The second-order valence-corrected chi connectivity index (χ2v) is 4.54. The summed E-state index contributed by atoms with van der Waals surface area (Å²) in [6, 6.07) is 14.4. The molecule has 3 heteroatoms. The number of benzene rings is 2. The minimum Gasteiger partial charge on any atom is -0.388 e. The fourth-order valence-corrected chi connectivity index (χ4v) is 1.90. The Labute approximate surface area is 117 Å². The minimum absolute atomic E-state index is 0.0414. The molecular weight excluding hydrogens is 255 g/mol. The first-order valence-corrected chi connectivity index (χ1v) is 6.29. The summed E-state index contributed by atoms with van der Waals surface area (Å²) in [6.45, 7) is 3.78. The number of hydrogen-bond acceptors (Lipinski definition) is 2. The summed E-state index contributed by atoms with van der Waals surface area (Å²) in [5.74, 6) is -0.502. The van der Waals surface area contributed by atoms with E-state index in [2.05, 4.69) is 6.58 Å². The van der Waals surface area contributed by atoms with Crippen LogP contribution in [0.2, 0.25) is 0 Å². The molecule has 0 aliphatic heterocycles. The van der Waals surface area contributed by atoms with E-state index in [1.807, 2.05) is 6.07 Å². The molecule has 0 radical (unpaired) electrons. The third-order valence-electron chi connectivity index (χ3n) is 3.09. The number of carbonyl (C=O) groups excluding carboxylic acids is 1. The summed E-state index contributed by atoms with van der Waals surface area (Å²) in [5, 5.41) is 10.1. The van der Waals surface area contributed by atoms with Crippen LogP contribution in [0.1, 0.15) is 22.3 Å². The normalized spacial score (nSPS) is 11.9. The van der Waals surface area contributed by atoms with Crippen LogP contribution in [0.5, 0.6) is 0 Å². The van der Waals surface area contributed by atoms with Crippen molar-refractivity contribution in [2.45, 2.75) is 12.5 Å². The molecule has 2 aromatic rings. The van der Waals surface area contributed by atoms with Gasteiger partial charge in [0, 0.05) is 12.0 Å². The topological polar surface area (TPSA) is 37.3 Å². The first-order chi connectivity index (χ1) is 9.58. The Balaban J connectivity index is 2.05. The highest BCUT2D eigenvalue weighted by Crippen LogP contribution is 2.20. The smallest absolute Gasteiger partial charge is 0.165 e. The Morgan fingerprint density at radius 2 is 1.65 bits per heavy atom. The van der Waals surface area contributed by atoms with Crippen molar-refractivity contribution in [2.75, 3.05) is 0 Å². The van der Waals surface area contributed by atoms with E-state index in [4.69, 9.17) is 0 Å². The lowest BCUT2D eigenvalue weighted by molar-refractivity contribution is 0.0928. The lowest BCUT2D eigenvalue weighted by atomic mass is 9.96. The predicted molar refractivity (Wildman–Crippen MR) is 76.8 cm³/mol. The van der Waals surface area contributed by atoms with Crippen molar-refractivity contribution in [2.24, 2.45) is 0 Å². The molecule has 0 aromatic heterocycles. The molecule has 0 bridgehead atoms. The van der Waals surface area contributed by atoms with Crippen molar-refractivity contribution in [3.63, 3.8) is 0 Å². The van der Waals surface area contributed by atoms with Crippen LogP contribution in [0.3, 0.4) is 0 Å². The van der Waals surface area contributed by atoms with Gasteiger partial charge in [-0.05, 0) is 23.3 Å². The number of aliphatic hydroxyl groups is 1. The molecular formula is C17H15FO2. The van der Waals surface area contributed by atoms with Crippen molar-refractivity contribution in [3.8, 4) is 0 Å². The highest BCUT2D eigenvalue weighted by molar-refractivity contribution is 5.97. The molecule has 2 nitrogen and oxygen atoms in total. The van der Waals surface area contributed by atoms with Gasteiger partial charge in [-0.3, -0.25) is 4.79 Å². The molecule has 0 aliphatic carbocycles. The first kappa shape index (κ1) is 14.2. The van der Waals surface area contributed by atoms with Gasteiger partial charge in [0.25, 0.3) is 0 Å². The van der Waals surface area contributed by atoms with Crippen LogP contribution < -0.4 is 0 Å². The molecule has 2 aromatic carbocycles. The van der Waals surface area contributed by atoms with Crippen LogP contribution >= 0.6 is 0 Å². The van der Waals surface area contributed by atoms with Gasteiger partial charge in [0.15, 0.2) is 5.78 Å². The average molecular weight is 270 g/mol. The fourth-order valence-electron chi connectivity index (χ4n) is 1.90. The quantitative estimate of drug-likeness (QED) is 0.845. The molecule has 0 aliphatic rings. The third-order valence-corrected chi connectivity index (χ3v) is 3.09. The third kappa shape index (κ3) is 3.39. The van der Waals surface area contributed by atoms with Gasteiger partial charge in [0.2, 0.25) is 0 Å². The van der Waals surface area contributed by atoms with Crippen LogP contribution in [0.4, 0.5) is 4.39 Å². The molecule has 1 unspecified atom stereocenters. The predicted octanol–water partition coefficient (Wildman–Crippen LogP) is 3.47. The van der Waals surface area contributed by atoms with Crippen LogP contribution in [0, 0.1) is 5.82 Å². The lowest BCUT2D eigenvalue weighted by Crippen LogP contribution is -2.15. The fraction of sp³-hybridized carbons (Fsp3) is 0.118. The Kier molecular flexibility index (Phi) is 4.43. The molecule has 102 valence electrons. The molecule has 1 N–H and O–H groups in total. The van der Waals surface area contributed by atoms with Gasteiger partial charge in [-0.2, -0.15) is 0 Å². The lowest BCUT2D eigenvalue weighted by Gasteiger charge is -2.13. The molecule has 0 saturated heterocycles. The summed E-state index contributed by atoms with van der Waals surface area (Å²) < 4.78 is 12.8.